The summed E-state index contributed by atoms with van der Waals surface area (Å²) in [5, 5.41) is 13.5. The zero-order valence-electron chi connectivity index (χ0n) is 14.1. The summed E-state index contributed by atoms with van der Waals surface area (Å²) in [7, 11) is 1.62. The van der Waals surface area contributed by atoms with Gasteiger partial charge < -0.3 is 14.4 Å². The predicted octanol–water partition coefficient (Wildman–Crippen LogP) is 2.91. The largest absolute Gasteiger partial charge is 0.508 e. The minimum atomic E-state index is 0.338. The van der Waals surface area contributed by atoms with Crippen LogP contribution in [0.4, 0.5) is 0 Å². The number of aryl methyl sites for hydroxylation is 1. The number of methoxy groups -OCH3 is 1. The summed E-state index contributed by atoms with van der Waals surface area (Å²) in [5.41, 5.74) is 1.18. The zero-order valence-corrected chi connectivity index (χ0v) is 14.1. The van der Waals surface area contributed by atoms with Gasteiger partial charge in [0.25, 0.3) is 0 Å². The number of phenols is 1. The average molecular weight is 331 g/mol. The Morgan fingerprint density at radius 1 is 1.38 bits per heavy atom. The fourth-order valence-corrected chi connectivity index (χ4v) is 3.36. The number of likely N-dealkylation sites (tertiary alicyclic amines) is 1. The smallest absolute Gasteiger partial charge is 0.240 e. The third-order valence-electron chi connectivity index (χ3n) is 4.55. The van der Waals surface area contributed by atoms with E-state index in [0.717, 1.165) is 19.4 Å². The van der Waals surface area contributed by atoms with Crippen molar-refractivity contribution in [3.05, 3.63) is 41.5 Å². The Morgan fingerprint density at radius 3 is 3.12 bits per heavy atom. The lowest BCUT2D eigenvalue weighted by Crippen LogP contribution is -2.39. The van der Waals surface area contributed by atoms with Gasteiger partial charge in [-0.25, -0.2) is 0 Å². The zero-order chi connectivity index (χ0) is 16.8. The van der Waals surface area contributed by atoms with Gasteiger partial charge >= 0.3 is 0 Å². The Morgan fingerprint density at radius 2 is 2.29 bits per heavy atom. The van der Waals surface area contributed by atoms with E-state index in [1.807, 2.05) is 12.1 Å². The first kappa shape index (κ1) is 16.9. The van der Waals surface area contributed by atoms with Crippen molar-refractivity contribution in [2.24, 2.45) is 0 Å². The fourth-order valence-electron chi connectivity index (χ4n) is 3.36. The van der Waals surface area contributed by atoms with Crippen molar-refractivity contribution in [1.82, 2.24) is 15.0 Å². The molecule has 2 aromatic rings. The van der Waals surface area contributed by atoms with Crippen molar-refractivity contribution in [3.63, 3.8) is 0 Å². The molecule has 1 aromatic carbocycles. The molecule has 3 rings (SSSR count). The number of aromatic nitrogens is 2. The molecule has 0 saturated carbocycles. The van der Waals surface area contributed by atoms with Crippen LogP contribution < -0.4 is 0 Å². The number of aromatic hydroxyl groups is 1. The number of ether oxygens (including phenoxy) is 1. The van der Waals surface area contributed by atoms with Gasteiger partial charge in [0.15, 0.2) is 5.82 Å². The van der Waals surface area contributed by atoms with Crippen molar-refractivity contribution in [2.45, 2.75) is 51.3 Å². The first-order chi connectivity index (χ1) is 11.7. The quantitative estimate of drug-likeness (QED) is 0.841. The van der Waals surface area contributed by atoms with Crippen LogP contribution in [0.15, 0.2) is 28.8 Å². The van der Waals surface area contributed by atoms with Crippen LogP contribution >= 0.6 is 0 Å². The van der Waals surface area contributed by atoms with Crippen LogP contribution in [0.25, 0.3) is 0 Å². The molecule has 0 spiro atoms. The fraction of sp³-hybridized carbons (Fsp3) is 0.556. The standard InChI is InChI=1S/C18H25N3O3/c1-23-13-17-19-18(24-20-17)12-21-10-3-2-6-15(21)9-8-14-5-4-7-16(22)11-14/h4-5,7,11,15,22H,2-3,6,8-10,12-13H2,1H3. The van der Waals surface area contributed by atoms with Gasteiger partial charge in [0.1, 0.15) is 12.4 Å². The molecule has 24 heavy (non-hydrogen) atoms. The molecule has 0 amide bonds. The van der Waals surface area contributed by atoms with E-state index in [0.29, 0.717) is 36.7 Å². The molecule has 1 aromatic heterocycles. The summed E-state index contributed by atoms with van der Waals surface area (Å²) in [6, 6.07) is 8.05. The predicted molar refractivity (Wildman–Crippen MR) is 89.5 cm³/mol. The van der Waals surface area contributed by atoms with Crippen LogP contribution in [-0.4, -0.2) is 39.8 Å². The number of phenolic OH excluding ortho intramolecular Hbond substituents is 1. The molecule has 1 atom stereocenters. The highest BCUT2D eigenvalue weighted by Crippen LogP contribution is 2.24. The number of rotatable bonds is 7. The molecule has 1 fully saturated rings. The lowest BCUT2D eigenvalue weighted by Gasteiger charge is -2.34. The average Bonchev–Trinajstić information content (AvgIpc) is 3.02. The SMILES string of the molecule is COCc1noc(CN2CCCCC2CCc2cccc(O)c2)n1. The van der Waals surface area contributed by atoms with Gasteiger partial charge in [-0.05, 0) is 49.9 Å². The Hall–Kier alpha value is -1.92. The van der Waals surface area contributed by atoms with Gasteiger partial charge in [-0.15, -0.1) is 0 Å². The summed E-state index contributed by atoms with van der Waals surface area (Å²) < 4.78 is 10.4. The Bertz CT molecular complexity index is 644. The van der Waals surface area contributed by atoms with Crippen molar-refractivity contribution < 1.29 is 14.4 Å². The van der Waals surface area contributed by atoms with E-state index < -0.39 is 0 Å². The Kier molecular flexibility index (Phi) is 5.82. The van der Waals surface area contributed by atoms with E-state index in [1.54, 1.807) is 13.2 Å². The number of benzene rings is 1. The van der Waals surface area contributed by atoms with E-state index in [1.165, 1.54) is 24.8 Å². The van der Waals surface area contributed by atoms with Gasteiger partial charge in [-0.2, -0.15) is 4.98 Å². The van der Waals surface area contributed by atoms with Gasteiger partial charge in [-0.1, -0.05) is 23.7 Å². The number of hydrogen-bond acceptors (Lipinski definition) is 6. The topological polar surface area (TPSA) is 71.6 Å². The van der Waals surface area contributed by atoms with Crippen LogP contribution in [0, 0.1) is 0 Å². The highest BCUT2D eigenvalue weighted by Gasteiger charge is 2.24. The third-order valence-corrected chi connectivity index (χ3v) is 4.55. The summed E-state index contributed by atoms with van der Waals surface area (Å²) in [5.74, 6) is 1.59. The van der Waals surface area contributed by atoms with E-state index in [4.69, 9.17) is 9.26 Å². The molecular weight excluding hydrogens is 306 g/mol. The second kappa shape index (κ2) is 8.26. The molecule has 0 aliphatic carbocycles. The van der Waals surface area contributed by atoms with Crippen molar-refractivity contribution in [3.8, 4) is 5.75 Å². The van der Waals surface area contributed by atoms with Crippen molar-refractivity contribution in [1.29, 1.82) is 0 Å². The van der Waals surface area contributed by atoms with Crippen LogP contribution in [0.2, 0.25) is 0 Å². The summed E-state index contributed by atoms with van der Waals surface area (Å²) >= 11 is 0. The minimum Gasteiger partial charge on any atom is -0.508 e. The van der Waals surface area contributed by atoms with Gasteiger partial charge in [0, 0.05) is 13.2 Å². The maximum Gasteiger partial charge on any atom is 0.240 e. The molecule has 130 valence electrons. The molecule has 2 heterocycles. The lowest BCUT2D eigenvalue weighted by atomic mass is 9.96. The van der Waals surface area contributed by atoms with Gasteiger partial charge in [0.2, 0.25) is 5.89 Å². The molecule has 0 radical (unpaired) electrons. The highest BCUT2D eigenvalue weighted by atomic mass is 16.5. The monoisotopic (exact) mass is 331 g/mol. The van der Waals surface area contributed by atoms with Crippen LogP contribution in [-0.2, 0) is 24.3 Å². The maximum absolute atomic E-state index is 9.59. The summed E-state index contributed by atoms with van der Waals surface area (Å²) in [6.45, 7) is 2.14. The summed E-state index contributed by atoms with van der Waals surface area (Å²) in [6.07, 6.45) is 5.70. The third kappa shape index (κ3) is 4.55. The highest BCUT2D eigenvalue weighted by molar-refractivity contribution is 5.27. The molecule has 1 N–H and O–H groups in total. The second-order valence-electron chi connectivity index (χ2n) is 6.37. The Labute approximate surface area is 142 Å². The van der Waals surface area contributed by atoms with Gasteiger partial charge in [-0.3, -0.25) is 4.90 Å². The number of piperidine rings is 1. The lowest BCUT2D eigenvalue weighted by molar-refractivity contribution is 0.117. The van der Waals surface area contributed by atoms with Crippen LogP contribution in [0.3, 0.4) is 0 Å². The Balaban J connectivity index is 1.58. The molecule has 0 bridgehead atoms. The molecule has 6 nitrogen and oxygen atoms in total. The van der Waals surface area contributed by atoms with Crippen molar-refractivity contribution in [2.75, 3.05) is 13.7 Å². The maximum atomic E-state index is 9.59. The van der Waals surface area contributed by atoms with E-state index >= 15 is 0 Å². The van der Waals surface area contributed by atoms with Crippen LogP contribution in [0.1, 0.15) is 43.0 Å². The molecule has 1 aliphatic rings. The molecule has 6 heteroatoms. The number of hydrogen-bond donors (Lipinski definition) is 1. The first-order valence-corrected chi connectivity index (χ1v) is 8.57. The normalized spacial score (nSPS) is 18.8. The second-order valence-corrected chi connectivity index (χ2v) is 6.37. The summed E-state index contributed by atoms with van der Waals surface area (Å²) in [4.78, 5) is 6.82. The number of nitrogens with zero attached hydrogens (tertiary/aromatic N) is 3. The molecule has 1 unspecified atom stereocenters. The first-order valence-electron chi connectivity index (χ1n) is 8.57. The van der Waals surface area contributed by atoms with Crippen LogP contribution in [0.5, 0.6) is 5.75 Å². The molecular formula is C18H25N3O3. The van der Waals surface area contributed by atoms with E-state index in [-0.39, 0.29) is 0 Å². The minimum absolute atomic E-state index is 0.338. The van der Waals surface area contributed by atoms with E-state index in [2.05, 4.69) is 21.1 Å². The van der Waals surface area contributed by atoms with Crippen molar-refractivity contribution >= 4 is 0 Å². The van der Waals surface area contributed by atoms with E-state index in [9.17, 15) is 5.11 Å². The van der Waals surface area contributed by atoms with Gasteiger partial charge in [0.05, 0.1) is 6.54 Å². The molecule has 1 saturated heterocycles. The molecule has 1 aliphatic heterocycles.